The fourth-order valence-corrected chi connectivity index (χ4v) is 3.73. The van der Waals surface area contributed by atoms with Gasteiger partial charge in [-0.3, -0.25) is 5.73 Å². The fraction of sp³-hybridized carbons (Fsp3) is 0.182. The van der Waals surface area contributed by atoms with Crippen molar-refractivity contribution in [2.75, 3.05) is 17.8 Å². The zero-order valence-corrected chi connectivity index (χ0v) is 16.8. The molecule has 0 amide bonds. The zero-order chi connectivity index (χ0) is 21.3. The number of nitrogens with one attached hydrogen (secondary N) is 1. The minimum atomic E-state index is -0.264. The summed E-state index contributed by atoms with van der Waals surface area (Å²) in [5, 5.41) is 13.5. The lowest BCUT2D eigenvalue weighted by Crippen LogP contribution is -2.07. The molecule has 4 aromatic rings. The van der Waals surface area contributed by atoms with E-state index in [1.807, 2.05) is 38.1 Å². The summed E-state index contributed by atoms with van der Waals surface area (Å²) in [7, 11) is 0. The van der Waals surface area contributed by atoms with Crippen molar-refractivity contribution in [2.24, 2.45) is 5.73 Å². The summed E-state index contributed by atoms with van der Waals surface area (Å²) in [6.45, 7) is 4.63. The second-order valence-corrected chi connectivity index (χ2v) is 6.98. The lowest BCUT2D eigenvalue weighted by molar-refractivity contribution is 0.329. The molecule has 0 fully saturated rings. The minimum absolute atomic E-state index is 0.127. The van der Waals surface area contributed by atoms with Crippen molar-refractivity contribution in [3.05, 3.63) is 71.3 Å². The van der Waals surface area contributed by atoms with Gasteiger partial charge < -0.3 is 20.4 Å². The number of hydrogen-bond acceptors (Lipinski definition) is 6. The standard InChI is InChI=1S/C22H23FN6O/c1-13-19-20(14(2)29(13)17-7-9-18(10-8-17)30-12-24)22(28-27-21(19)25)26-11-15-3-5-16(23)6-4-15/h3-10H,11-12,24H2,1-2H3,(H2,25,27)(H,26,28). The van der Waals surface area contributed by atoms with Gasteiger partial charge >= 0.3 is 0 Å². The van der Waals surface area contributed by atoms with E-state index in [1.54, 1.807) is 12.1 Å². The van der Waals surface area contributed by atoms with E-state index in [2.05, 4.69) is 20.1 Å². The molecule has 8 heteroatoms. The van der Waals surface area contributed by atoms with E-state index < -0.39 is 0 Å². The Morgan fingerprint density at radius 1 is 0.967 bits per heavy atom. The molecular weight excluding hydrogens is 383 g/mol. The highest BCUT2D eigenvalue weighted by Crippen LogP contribution is 2.35. The van der Waals surface area contributed by atoms with Gasteiger partial charge in [0.25, 0.3) is 0 Å². The first kappa shape index (κ1) is 19.7. The van der Waals surface area contributed by atoms with Gasteiger partial charge in [0.05, 0.1) is 10.8 Å². The van der Waals surface area contributed by atoms with Gasteiger partial charge in [0.1, 0.15) is 18.3 Å². The molecular formula is C22H23FN6O. The van der Waals surface area contributed by atoms with Crippen LogP contribution >= 0.6 is 0 Å². The second kappa shape index (κ2) is 8.00. The summed E-state index contributed by atoms with van der Waals surface area (Å²) in [4.78, 5) is 0. The monoisotopic (exact) mass is 406 g/mol. The maximum absolute atomic E-state index is 13.2. The third kappa shape index (κ3) is 3.53. The molecule has 0 saturated heterocycles. The number of benzene rings is 2. The Kier molecular flexibility index (Phi) is 5.24. The minimum Gasteiger partial charge on any atom is -0.479 e. The van der Waals surface area contributed by atoms with Crippen LogP contribution in [0.2, 0.25) is 0 Å². The molecule has 30 heavy (non-hydrogen) atoms. The van der Waals surface area contributed by atoms with Crippen LogP contribution in [-0.2, 0) is 6.54 Å². The quantitative estimate of drug-likeness (QED) is 0.422. The van der Waals surface area contributed by atoms with Crippen molar-refractivity contribution in [3.63, 3.8) is 0 Å². The lowest BCUT2D eigenvalue weighted by Gasteiger charge is -2.11. The number of halogens is 1. The van der Waals surface area contributed by atoms with E-state index in [9.17, 15) is 4.39 Å². The van der Waals surface area contributed by atoms with Crippen LogP contribution in [0.4, 0.5) is 16.0 Å². The predicted molar refractivity (Wildman–Crippen MR) is 116 cm³/mol. The molecule has 4 rings (SSSR count). The molecule has 5 N–H and O–H groups in total. The number of anilines is 2. The Balaban J connectivity index is 1.75. The Bertz CT molecular complexity index is 1190. The van der Waals surface area contributed by atoms with Crippen molar-refractivity contribution in [1.29, 1.82) is 0 Å². The zero-order valence-electron chi connectivity index (χ0n) is 16.8. The van der Waals surface area contributed by atoms with Crippen molar-refractivity contribution in [2.45, 2.75) is 20.4 Å². The molecule has 0 radical (unpaired) electrons. The first-order chi connectivity index (χ1) is 14.5. The number of nitrogen functional groups attached to an aromatic ring is 1. The average Bonchev–Trinajstić information content (AvgIpc) is 3.01. The Morgan fingerprint density at radius 2 is 1.63 bits per heavy atom. The summed E-state index contributed by atoms with van der Waals surface area (Å²) in [5.74, 6) is 1.45. The smallest absolute Gasteiger partial charge is 0.158 e. The van der Waals surface area contributed by atoms with E-state index in [4.69, 9.17) is 16.2 Å². The number of aryl methyl sites for hydroxylation is 2. The van der Waals surface area contributed by atoms with Gasteiger partial charge in [0.15, 0.2) is 11.6 Å². The molecule has 0 aliphatic rings. The number of ether oxygens (including phenoxy) is 1. The lowest BCUT2D eigenvalue weighted by atomic mass is 10.2. The molecule has 2 aromatic heterocycles. The molecule has 2 aromatic carbocycles. The molecule has 7 nitrogen and oxygen atoms in total. The number of rotatable bonds is 6. The molecule has 0 aliphatic heterocycles. The number of nitrogens with two attached hydrogens (primary N) is 2. The molecule has 2 heterocycles. The normalized spacial score (nSPS) is 11.1. The molecule has 0 saturated carbocycles. The number of aromatic nitrogens is 3. The van der Waals surface area contributed by atoms with Gasteiger partial charge in [-0.25, -0.2) is 4.39 Å². The van der Waals surface area contributed by atoms with Crippen molar-refractivity contribution in [3.8, 4) is 11.4 Å². The second-order valence-electron chi connectivity index (χ2n) is 6.98. The third-order valence-corrected chi connectivity index (χ3v) is 5.11. The average molecular weight is 406 g/mol. The van der Waals surface area contributed by atoms with E-state index in [0.717, 1.165) is 33.4 Å². The van der Waals surface area contributed by atoms with Crippen LogP contribution in [-0.4, -0.2) is 21.5 Å². The highest BCUT2D eigenvalue weighted by Gasteiger charge is 2.19. The van der Waals surface area contributed by atoms with Crippen molar-refractivity contribution in [1.82, 2.24) is 14.8 Å². The van der Waals surface area contributed by atoms with Crippen LogP contribution < -0.4 is 21.5 Å². The molecule has 0 atom stereocenters. The predicted octanol–water partition coefficient (Wildman–Crippen LogP) is 3.67. The Morgan fingerprint density at radius 3 is 2.30 bits per heavy atom. The van der Waals surface area contributed by atoms with Crippen LogP contribution in [0.25, 0.3) is 16.5 Å². The van der Waals surface area contributed by atoms with E-state index in [0.29, 0.717) is 23.9 Å². The maximum atomic E-state index is 13.2. The summed E-state index contributed by atoms with van der Waals surface area (Å²) in [6.07, 6.45) is 0. The van der Waals surface area contributed by atoms with Crippen LogP contribution in [0.5, 0.6) is 5.75 Å². The van der Waals surface area contributed by atoms with Crippen LogP contribution in [0.3, 0.4) is 0 Å². The molecule has 0 bridgehead atoms. The van der Waals surface area contributed by atoms with Gasteiger partial charge in [0, 0.05) is 23.6 Å². The summed E-state index contributed by atoms with van der Waals surface area (Å²) < 4.78 is 20.6. The van der Waals surface area contributed by atoms with Gasteiger partial charge in [-0.1, -0.05) is 12.1 Å². The maximum Gasteiger partial charge on any atom is 0.158 e. The molecule has 0 spiro atoms. The van der Waals surface area contributed by atoms with Crippen molar-refractivity contribution < 1.29 is 9.13 Å². The van der Waals surface area contributed by atoms with Crippen LogP contribution in [0.1, 0.15) is 17.0 Å². The van der Waals surface area contributed by atoms with Crippen molar-refractivity contribution >= 4 is 22.4 Å². The SMILES string of the molecule is Cc1c2c(N)nnc(NCc3ccc(F)cc3)c2c(C)n1-c1ccc(OCN)cc1. The number of hydrogen-bond donors (Lipinski definition) is 3. The summed E-state index contributed by atoms with van der Waals surface area (Å²) >= 11 is 0. The summed E-state index contributed by atoms with van der Waals surface area (Å²) in [5.41, 5.74) is 15.5. The first-order valence-electron chi connectivity index (χ1n) is 9.55. The third-order valence-electron chi connectivity index (χ3n) is 5.11. The molecule has 154 valence electrons. The van der Waals surface area contributed by atoms with Crippen LogP contribution in [0, 0.1) is 19.7 Å². The van der Waals surface area contributed by atoms with Gasteiger partial charge in [-0.2, -0.15) is 0 Å². The molecule has 0 aliphatic carbocycles. The van der Waals surface area contributed by atoms with E-state index >= 15 is 0 Å². The van der Waals surface area contributed by atoms with E-state index in [-0.39, 0.29) is 12.5 Å². The largest absolute Gasteiger partial charge is 0.479 e. The highest BCUT2D eigenvalue weighted by atomic mass is 19.1. The fourth-order valence-electron chi connectivity index (χ4n) is 3.73. The first-order valence-corrected chi connectivity index (χ1v) is 9.55. The van der Waals surface area contributed by atoms with Gasteiger partial charge in [-0.05, 0) is 55.8 Å². The number of nitrogens with zero attached hydrogens (tertiary/aromatic N) is 3. The number of fused-ring (bicyclic) bond motifs is 1. The Hall–Kier alpha value is -3.65. The van der Waals surface area contributed by atoms with Gasteiger partial charge in [-0.15, -0.1) is 10.2 Å². The molecule has 0 unspecified atom stereocenters. The Labute approximate surface area is 173 Å². The van der Waals surface area contributed by atoms with Crippen LogP contribution in [0.15, 0.2) is 48.5 Å². The van der Waals surface area contributed by atoms with E-state index in [1.165, 1.54) is 12.1 Å². The topological polar surface area (TPSA) is 104 Å². The van der Waals surface area contributed by atoms with Gasteiger partial charge in [0.2, 0.25) is 0 Å². The summed E-state index contributed by atoms with van der Waals surface area (Å²) in [6, 6.07) is 14.0. The highest BCUT2D eigenvalue weighted by molar-refractivity contribution is 6.02.